The first-order valence-corrected chi connectivity index (χ1v) is 8.67. The fourth-order valence-corrected chi connectivity index (χ4v) is 2.71. The molecule has 1 amide bonds. The molecule has 1 N–H and O–H groups in total. The molecule has 0 spiro atoms. The molecule has 0 aliphatic rings. The van der Waals surface area contributed by atoms with Gasteiger partial charge in [0.15, 0.2) is 0 Å². The van der Waals surface area contributed by atoms with Gasteiger partial charge in [-0.15, -0.1) is 11.8 Å². The average molecular weight is 334 g/mol. The molecule has 23 heavy (non-hydrogen) atoms. The number of oxazole rings is 1. The number of carbonyl (C=O) groups excluding carboxylic acids is 1. The van der Waals surface area contributed by atoms with E-state index in [1.54, 1.807) is 25.1 Å². The second kappa shape index (κ2) is 8.62. The molecular formula is C17H22N2O3S. The highest BCUT2D eigenvalue weighted by Gasteiger charge is 2.14. The topological polar surface area (TPSA) is 64.4 Å². The second-order valence-electron chi connectivity index (χ2n) is 5.12. The summed E-state index contributed by atoms with van der Waals surface area (Å²) in [6.07, 6.45) is 2.58. The maximum atomic E-state index is 11.8. The van der Waals surface area contributed by atoms with Gasteiger partial charge in [0.25, 0.3) is 0 Å². The Morgan fingerprint density at radius 2 is 2.13 bits per heavy atom. The van der Waals surface area contributed by atoms with Gasteiger partial charge in [-0.1, -0.05) is 6.92 Å². The van der Waals surface area contributed by atoms with Gasteiger partial charge in [-0.3, -0.25) is 4.79 Å². The molecule has 1 aromatic carbocycles. The molecule has 1 heterocycles. The Morgan fingerprint density at radius 1 is 1.39 bits per heavy atom. The number of nitrogens with one attached hydrogen (secondary N) is 1. The van der Waals surface area contributed by atoms with E-state index < -0.39 is 0 Å². The number of aromatic nitrogens is 1. The number of methoxy groups -OCH3 is 1. The van der Waals surface area contributed by atoms with Crippen molar-refractivity contribution in [1.29, 1.82) is 0 Å². The van der Waals surface area contributed by atoms with Crippen LogP contribution in [0.3, 0.4) is 0 Å². The Balaban J connectivity index is 1.90. The molecule has 2 aromatic rings. The zero-order valence-corrected chi connectivity index (χ0v) is 14.5. The number of nitrogens with zero attached hydrogens (tertiary/aromatic N) is 1. The van der Waals surface area contributed by atoms with Crippen LogP contribution < -0.4 is 10.1 Å². The molecule has 5 nitrogen and oxygen atoms in total. The first-order valence-electron chi connectivity index (χ1n) is 7.62. The third-order valence-electron chi connectivity index (χ3n) is 3.29. The van der Waals surface area contributed by atoms with Gasteiger partial charge in [0.2, 0.25) is 11.8 Å². The van der Waals surface area contributed by atoms with Crippen LogP contribution in [-0.2, 0) is 10.5 Å². The molecule has 1 aromatic heterocycles. The fraction of sp³-hybridized carbons (Fsp3) is 0.412. The van der Waals surface area contributed by atoms with Crippen LogP contribution in [-0.4, -0.2) is 29.8 Å². The van der Waals surface area contributed by atoms with E-state index in [-0.39, 0.29) is 11.2 Å². The average Bonchev–Trinajstić information content (AvgIpc) is 3.06. The van der Waals surface area contributed by atoms with E-state index in [4.69, 9.17) is 9.15 Å². The highest BCUT2D eigenvalue weighted by atomic mass is 32.2. The molecule has 1 atom stereocenters. The van der Waals surface area contributed by atoms with Crippen molar-refractivity contribution in [3.63, 3.8) is 0 Å². The number of amides is 1. The summed E-state index contributed by atoms with van der Waals surface area (Å²) in [7, 11) is 1.63. The third-order valence-corrected chi connectivity index (χ3v) is 4.46. The first kappa shape index (κ1) is 17.4. The van der Waals surface area contributed by atoms with Gasteiger partial charge in [0.05, 0.1) is 18.1 Å². The molecule has 0 saturated carbocycles. The van der Waals surface area contributed by atoms with Crippen LogP contribution in [0.5, 0.6) is 5.75 Å². The summed E-state index contributed by atoms with van der Waals surface area (Å²) in [6.45, 7) is 4.66. The lowest BCUT2D eigenvalue weighted by Crippen LogP contribution is -2.31. The maximum absolute atomic E-state index is 11.8. The molecule has 0 aliphatic carbocycles. The van der Waals surface area contributed by atoms with Crippen molar-refractivity contribution in [2.75, 3.05) is 13.7 Å². The van der Waals surface area contributed by atoms with Gasteiger partial charge in [-0.25, -0.2) is 4.98 Å². The minimum Gasteiger partial charge on any atom is -0.497 e. The van der Waals surface area contributed by atoms with Gasteiger partial charge in [-0.05, 0) is 37.6 Å². The molecule has 0 fully saturated rings. The van der Waals surface area contributed by atoms with Crippen LogP contribution in [0.25, 0.3) is 11.5 Å². The molecule has 2 rings (SSSR count). The number of ether oxygens (including phenoxy) is 1. The molecule has 0 saturated heterocycles. The SMILES string of the molecule is CCCNC(=O)C(C)SCc1coc(-c2ccc(OC)cc2)n1. The minimum atomic E-state index is -0.109. The minimum absolute atomic E-state index is 0.0655. The Kier molecular flexibility index (Phi) is 6.52. The zero-order chi connectivity index (χ0) is 16.7. The molecule has 0 aliphatic heterocycles. The first-order chi connectivity index (χ1) is 11.1. The largest absolute Gasteiger partial charge is 0.497 e. The van der Waals surface area contributed by atoms with Crippen LogP contribution in [0.1, 0.15) is 26.0 Å². The van der Waals surface area contributed by atoms with Crippen molar-refractivity contribution in [2.45, 2.75) is 31.3 Å². The van der Waals surface area contributed by atoms with E-state index in [2.05, 4.69) is 10.3 Å². The Bertz CT molecular complexity index is 625. The summed E-state index contributed by atoms with van der Waals surface area (Å²) in [5.41, 5.74) is 1.73. The smallest absolute Gasteiger partial charge is 0.232 e. The quantitative estimate of drug-likeness (QED) is 0.800. The van der Waals surface area contributed by atoms with Crippen LogP contribution in [0.2, 0.25) is 0 Å². The van der Waals surface area contributed by atoms with Gasteiger partial charge >= 0.3 is 0 Å². The standard InChI is InChI=1S/C17H22N2O3S/c1-4-9-18-16(20)12(2)23-11-14-10-22-17(19-14)13-5-7-15(21-3)8-6-13/h5-8,10,12H,4,9,11H2,1-3H3,(H,18,20). The maximum Gasteiger partial charge on any atom is 0.232 e. The number of rotatable bonds is 8. The van der Waals surface area contributed by atoms with Crippen molar-refractivity contribution in [1.82, 2.24) is 10.3 Å². The lowest BCUT2D eigenvalue weighted by Gasteiger charge is -2.10. The molecule has 6 heteroatoms. The summed E-state index contributed by atoms with van der Waals surface area (Å²) in [5, 5.41) is 2.79. The molecular weight excluding hydrogens is 312 g/mol. The fourth-order valence-electron chi connectivity index (χ4n) is 1.92. The Morgan fingerprint density at radius 3 is 2.78 bits per heavy atom. The monoisotopic (exact) mass is 334 g/mol. The molecule has 124 valence electrons. The van der Waals surface area contributed by atoms with Crippen LogP contribution in [0.15, 0.2) is 34.9 Å². The van der Waals surface area contributed by atoms with Gasteiger partial charge in [0.1, 0.15) is 12.0 Å². The predicted molar refractivity (Wildman–Crippen MR) is 92.5 cm³/mol. The lowest BCUT2D eigenvalue weighted by molar-refractivity contribution is -0.120. The lowest BCUT2D eigenvalue weighted by atomic mass is 10.2. The van der Waals surface area contributed by atoms with E-state index in [0.29, 0.717) is 11.6 Å². The summed E-state index contributed by atoms with van der Waals surface area (Å²) >= 11 is 1.55. The van der Waals surface area contributed by atoms with Gasteiger partial charge in [-0.2, -0.15) is 0 Å². The number of hydrogen-bond donors (Lipinski definition) is 1. The Hall–Kier alpha value is -1.95. The van der Waals surface area contributed by atoms with Crippen molar-refractivity contribution in [3.8, 4) is 17.2 Å². The highest BCUT2D eigenvalue weighted by Crippen LogP contribution is 2.24. The number of hydrogen-bond acceptors (Lipinski definition) is 5. The summed E-state index contributed by atoms with van der Waals surface area (Å²) in [6, 6.07) is 7.55. The van der Waals surface area contributed by atoms with E-state index >= 15 is 0 Å². The molecule has 0 radical (unpaired) electrons. The number of benzene rings is 1. The van der Waals surface area contributed by atoms with E-state index in [9.17, 15) is 4.79 Å². The van der Waals surface area contributed by atoms with E-state index in [1.807, 2.05) is 38.1 Å². The van der Waals surface area contributed by atoms with Crippen LogP contribution in [0.4, 0.5) is 0 Å². The molecule has 0 bridgehead atoms. The van der Waals surface area contributed by atoms with Crippen molar-refractivity contribution >= 4 is 17.7 Å². The van der Waals surface area contributed by atoms with Crippen molar-refractivity contribution < 1.29 is 13.9 Å². The Labute approximate surface area is 140 Å². The van der Waals surface area contributed by atoms with E-state index in [0.717, 1.165) is 30.0 Å². The van der Waals surface area contributed by atoms with E-state index in [1.165, 1.54) is 0 Å². The summed E-state index contributed by atoms with van der Waals surface area (Å²) in [4.78, 5) is 16.3. The second-order valence-corrected chi connectivity index (χ2v) is 6.45. The van der Waals surface area contributed by atoms with Crippen LogP contribution in [0, 0.1) is 0 Å². The van der Waals surface area contributed by atoms with Gasteiger partial charge in [0, 0.05) is 17.9 Å². The van der Waals surface area contributed by atoms with Crippen molar-refractivity contribution in [2.24, 2.45) is 0 Å². The number of carbonyl (C=O) groups is 1. The third kappa shape index (κ3) is 5.03. The van der Waals surface area contributed by atoms with Crippen molar-refractivity contribution in [3.05, 3.63) is 36.2 Å². The summed E-state index contributed by atoms with van der Waals surface area (Å²) < 4.78 is 10.6. The normalized spacial score (nSPS) is 12.0. The number of thioether (sulfide) groups is 1. The zero-order valence-electron chi connectivity index (χ0n) is 13.7. The predicted octanol–water partition coefficient (Wildman–Crippen LogP) is 3.50. The van der Waals surface area contributed by atoms with Crippen LogP contribution >= 0.6 is 11.8 Å². The highest BCUT2D eigenvalue weighted by molar-refractivity contribution is 7.99. The molecule has 1 unspecified atom stereocenters. The van der Waals surface area contributed by atoms with Gasteiger partial charge < -0.3 is 14.5 Å². The summed E-state index contributed by atoms with van der Waals surface area (Å²) in [5.74, 6) is 2.07.